The number of anilines is 1. The van der Waals surface area contributed by atoms with Crippen LogP contribution in [0.1, 0.15) is 19.5 Å². The Morgan fingerprint density at radius 3 is 2.63 bits per heavy atom. The summed E-state index contributed by atoms with van der Waals surface area (Å²) >= 11 is 0. The topological polar surface area (TPSA) is 85.6 Å². The molecule has 0 amide bonds. The Morgan fingerprint density at radius 1 is 1.53 bits per heavy atom. The second-order valence-electron chi connectivity index (χ2n) is 4.35. The van der Waals surface area contributed by atoms with Gasteiger partial charge in [-0.15, -0.1) is 0 Å². The van der Waals surface area contributed by atoms with E-state index in [9.17, 15) is 14.9 Å². The third-order valence-corrected chi connectivity index (χ3v) is 2.61. The molecule has 1 aromatic heterocycles. The van der Waals surface area contributed by atoms with Crippen molar-refractivity contribution in [2.45, 2.75) is 26.8 Å². The molecule has 7 nitrogen and oxygen atoms in total. The molecule has 104 valence electrons. The Morgan fingerprint density at radius 2 is 2.16 bits per heavy atom. The Balaban J connectivity index is 3.24. The molecule has 0 bridgehead atoms. The molecule has 0 spiro atoms. The molecular formula is C12H17N3O4. The van der Waals surface area contributed by atoms with Crippen molar-refractivity contribution in [2.75, 3.05) is 18.6 Å². The highest BCUT2D eigenvalue weighted by molar-refractivity contribution is 5.76. The van der Waals surface area contributed by atoms with Gasteiger partial charge in [0.2, 0.25) is 5.82 Å². The van der Waals surface area contributed by atoms with Crippen LogP contribution in [0.2, 0.25) is 0 Å². The van der Waals surface area contributed by atoms with Crippen molar-refractivity contribution in [1.82, 2.24) is 4.98 Å². The average molecular weight is 267 g/mol. The third kappa shape index (κ3) is 3.64. The number of carbonyl (C=O) groups excluding carboxylic acids is 1. The SMILES string of the molecule is COC(=O)CN(c1nc(C)ccc1[N+](=O)[O-])C(C)C. The minimum Gasteiger partial charge on any atom is -0.468 e. The fourth-order valence-corrected chi connectivity index (χ4v) is 1.60. The van der Waals surface area contributed by atoms with Gasteiger partial charge in [0.05, 0.1) is 12.0 Å². The molecule has 1 heterocycles. The van der Waals surface area contributed by atoms with Gasteiger partial charge in [0, 0.05) is 17.8 Å². The minimum atomic E-state index is -0.506. The van der Waals surface area contributed by atoms with Gasteiger partial charge in [0.25, 0.3) is 0 Å². The molecule has 0 saturated heterocycles. The van der Waals surface area contributed by atoms with Gasteiger partial charge in [0.1, 0.15) is 6.54 Å². The summed E-state index contributed by atoms with van der Waals surface area (Å²) in [7, 11) is 1.28. The molecule has 0 saturated carbocycles. The molecule has 0 aromatic carbocycles. The van der Waals surface area contributed by atoms with Gasteiger partial charge in [-0.05, 0) is 26.8 Å². The lowest BCUT2D eigenvalue weighted by molar-refractivity contribution is -0.384. The van der Waals surface area contributed by atoms with Crippen LogP contribution in [0.5, 0.6) is 0 Å². The van der Waals surface area contributed by atoms with Crippen LogP contribution in [-0.2, 0) is 9.53 Å². The maximum absolute atomic E-state index is 11.4. The summed E-state index contributed by atoms with van der Waals surface area (Å²) in [6, 6.07) is 2.84. The van der Waals surface area contributed by atoms with Gasteiger partial charge in [-0.1, -0.05) is 0 Å². The summed E-state index contributed by atoms with van der Waals surface area (Å²) in [5.74, 6) is -0.281. The molecule has 0 N–H and O–H groups in total. The lowest BCUT2D eigenvalue weighted by atomic mass is 10.2. The Kier molecular flexibility index (Phi) is 4.80. The van der Waals surface area contributed by atoms with Crippen molar-refractivity contribution in [3.8, 4) is 0 Å². The fourth-order valence-electron chi connectivity index (χ4n) is 1.60. The van der Waals surface area contributed by atoms with Crippen LogP contribution < -0.4 is 4.90 Å². The molecule has 0 aliphatic rings. The number of rotatable bonds is 5. The number of hydrogen-bond acceptors (Lipinski definition) is 6. The summed E-state index contributed by atoms with van der Waals surface area (Å²) in [5.41, 5.74) is 0.527. The monoisotopic (exact) mass is 267 g/mol. The lowest BCUT2D eigenvalue weighted by Crippen LogP contribution is -2.37. The van der Waals surface area contributed by atoms with Crippen LogP contribution >= 0.6 is 0 Å². The second kappa shape index (κ2) is 6.12. The van der Waals surface area contributed by atoms with E-state index in [4.69, 9.17) is 0 Å². The fraction of sp³-hybridized carbons (Fsp3) is 0.500. The number of methoxy groups -OCH3 is 1. The van der Waals surface area contributed by atoms with E-state index in [-0.39, 0.29) is 24.1 Å². The molecule has 0 fully saturated rings. The van der Waals surface area contributed by atoms with Gasteiger partial charge in [-0.2, -0.15) is 0 Å². The van der Waals surface area contributed by atoms with Crippen LogP contribution in [0.25, 0.3) is 0 Å². The van der Waals surface area contributed by atoms with E-state index in [0.29, 0.717) is 5.69 Å². The zero-order valence-electron chi connectivity index (χ0n) is 11.4. The number of aromatic nitrogens is 1. The van der Waals surface area contributed by atoms with Crippen LogP contribution in [0.3, 0.4) is 0 Å². The van der Waals surface area contributed by atoms with E-state index in [1.165, 1.54) is 13.2 Å². The van der Waals surface area contributed by atoms with E-state index in [1.807, 2.05) is 13.8 Å². The van der Waals surface area contributed by atoms with Gasteiger partial charge < -0.3 is 9.64 Å². The molecule has 19 heavy (non-hydrogen) atoms. The molecule has 0 radical (unpaired) electrons. The van der Waals surface area contributed by atoms with Crippen LogP contribution in [0, 0.1) is 17.0 Å². The quantitative estimate of drug-likeness (QED) is 0.458. The van der Waals surface area contributed by atoms with Gasteiger partial charge in [-0.3, -0.25) is 14.9 Å². The first-order valence-corrected chi connectivity index (χ1v) is 5.82. The number of pyridine rings is 1. The third-order valence-electron chi connectivity index (χ3n) is 2.61. The van der Waals surface area contributed by atoms with Crippen LogP contribution in [0.4, 0.5) is 11.5 Å². The summed E-state index contributed by atoms with van der Waals surface area (Å²) in [6.07, 6.45) is 0. The minimum absolute atomic E-state index is 0.0779. The highest BCUT2D eigenvalue weighted by Crippen LogP contribution is 2.27. The molecule has 0 aliphatic heterocycles. The van der Waals surface area contributed by atoms with E-state index < -0.39 is 10.9 Å². The molecule has 0 atom stereocenters. The van der Waals surface area contributed by atoms with Crippen LogP contribution in [-0.4, -0.2) is 35.6 Å². The first-order valence-electron chi connectivity index (χ1n) is 5.82. The number of esters is 1. The van der Waals surface area contributed by atoms with Crippen molar-refractivity contribution in [2.24, 2.45) is 0 Å². The zero-order chi connectivity index (χ0) is 14.6. The normalized spacial score (nSPS) is 10.4. The number of nitrogens with zero attached hydrogens (tertiary/aromatic N) is 3. The molecule has 1 rings (SSSR count). The summed E-state index contributed by atoms with van der Waals surface area (Å²) in [4.78, 5) is 27.7. The van der Waals surface area contributed by atoms with E-state index in [2.05, 4.69) is 9.72 Å². The van der Waals surface area contributed by atoms with E-state index in [1.54, 1.807) is 17.9 Å². The maximum Gasteiger partial charge on any atom is 0.325 e. The number of aryl methyl sites for hydroxylation is 1. The smallest absolute Gasteiger partial charge is 0.325 e. The number of nitro groups is 1. The first kappa shape index (κ1) is 14.9. The molecule has 0 unspecified atom stereocenters. The highest BCUT2D eigenvalue weighted by atomic mass is 16.6. The zero-order valence-corrected chi connectivity index (χ0v) is 11.4. The predicted molar refractivity (Wildman–Crippen MR) is 70.1 cm³/mol. The Hall–Kier alpha value is -2.18. The van der Waals surface area contributed by atoms with Gasteiger partial charge in [0.15, 0.2) is 0 Å². The number of carbonyl (C=O) groups is 1. The van der Waals surface area contributed by atoms with Gasteiger partial charge >= 0.3 is 11.7 Å². The summed E-state index contributed by atoms with van der Waals surface area (Å²) in [5, 5.41) is 11.0. The van der Waals surface area contributed by atoms with Gasteiger partial charge in [-0.25, -0.2) is 4.98 Å². The van der Waals surface area contributed by atoms with E-state index in [0.717, 1.165) is 0 Å². The lowest BCUT2D eigenvalue weighted by Gasteiger charge is -2.26. The standard InChI is InChI=1S/C12H17N3O4/c1-8(2)14(7-11(16)19-4)12-10(15(17)18)6-5-9(3)13-12/h5-6,8H,7H2,1-4H3. The summed E-state index contributed by atoms with van der Waals surface area (Å²) < 4.78 is 4.60. The average Bonchev–Trinajstić information content (AvgIpc) is 2.34. The second-order valence-corrected chi connectivity index (χ2v) is 4.35. The van der Waals surface area contributed by atoms with Crippen molar-refractivity contribution in [3.63, 3.8) is 0 Å². The number of ether oxygens (including phenoxy) is 1. The Bertz CT molecular complexity index is 488. The van der Waals surface area contributed by atoms with Crippen molar-refractivity contribution >= 4 is 17.5 Å². The summed E-state index contributed by atoms with van der Waals surface area (Å²) in [6.45, 7) is 5.32. The number of hydrogen-bond donors (Lipinski definition) is 0. The Labute approximate surface area is 111 Å². The predicted octanol–water partition coefficient (Wildman–Crippen LogP) is 1.69. The maximum atomic E-state index is 11.4. The first-order chi connectivity index (χ1) is 8.86. The van der Waals surface area contributed by atoms with E-state index >= 15 is 0 Å². The van der Waals surface area contributed by atoms with Crippen molar-refractivity contribution in [1.29, 1.82) is 0 Å². The largest absolute Gasteiger partial charge is 0.468 e. The van der Waals surface area contributed by atoms with Crippen molar-refractivity contribution < 1.29 is 14.5 Å². The van der Waals surface area contributed by atoms with Crippen molar-refractivity contribution in [3.05, 3.63) is 27.9 Å². The molecule has 7 heteroatoms. The highest BCUT2D eigenvalue weighted by Gasteiger charge is 2.25. The molecule has 0 aliphatic carbocycles. The molecular weight excluding hydrogens is 250 g/mol. The van der Waals surface area contributed by atoms with Crippen LogP contribution in [0.15, 0.2) is 12.1 Å². The molecule has 1 aromatic rings.